The number of hydrogen-bond donors (Lipinski definition) is 2. The highest BCUT2D eigenvalue weighted by Gasteiger charge is 2.15. The van der Waals surface area contributed by atoms with Gasteiger partial charge in [0.05, 0.1) is 11.5 Å². The highest BCUT2D eigenvalue weighted by atomic mass is 32.2. The molecule has 0 amide bonds. The van der Waals surface area contributed by atoms with Crippen molar-refractivity contribution in [3.05, 3.63) is 16.3 Å². The maximum atomic E-state index is 11.8. The standard InChI is InChI=1S/C10H18N2O3S2/c1-3-12(2)5-4-11-17(14,15)10-6-9(7-13)16-8-10/h6,8,11,13H,3-5,7H2,1-2H3. The van der Waals surface area contributed by atoms with Gasteiger partial charge in [-0.3, -0.25) is 0 Å². The molecular weight excluding hydrogens is 260 g/mol. The Hall–Kier alpha value is -0.470. The molecule has 0 aliphatic rings. The van der Waals surface area contributed by atoms with Gasteiger partial charge < -0.3 is 10.0 Å². The molecule has 0 saturated heterocycles. The lowest BCUT2D eigenvalue weighted by atomic mass is 10.5. The van der Waals surface area contributed by atoms with E-state index in [-0.39, 0.29) is 11.5 Å². The summed E-state index contributed by atoms with van der Waals surface area (Å²) in [6.07, 6.45) is 0. The predicted molar refractivity (Wildman–Crippen MR) is 68.6 cm³/mol. The molecule has 0 spiro atoms. The van der Waals surface area contributed by atoms with E-state index in [4.69, 9.17) is 5.11 Å². The molecule has 1 heterocycles. The van der Waals surface area contributed by atoms with Crippen LogP contribution in [0.1, 0.15) is 11.8 Å². The normalized spacial score (nSPS) is 12.2. The minimum Gasteiger partial charge on any atom is -0.391 e. The first-order valence-corrected chi connectivity index (χ1v) is 7.72. The molecule has 2 N–H and O–H groups in total. The van der Waals surface area contributed by atoms with E-state index in [1.165, 1.54) is 22.8 Å². The Bertz CT molecular complexity index is 442. The number of aliphatic hydroxyl groups excluding tert-OH is 1. The average molecular weight is 278 g/mol. The summed E-state index contributed by atoms with van der Waals surface area (Å²) in [5.74, 6) is 0. The maximum absolute atomic E-state index is 11.8. The van der Waals surface area contributed by atoms with Crippen LogP contribution < -0.4 is 4.72 Å². The van der Waals surface area contributed by atoms with Crippen molar-refractivity contribution in [2.24, 2.45) is 0 Å². The molecule has 1 rings (SSSR count). The fraction of sp³-hybridized carbons (Fsp3) is 0.600. The van der Waals surface area contributed by atoms with Crippen LogP contribution in [0.5, 0.6) is 0 Å². The minimum absolute atomic E-state index is 0.126. The smallest absolute Gasteiger partial charge is 0.241 e. The highest BCUT2D eigenvalue weighted by molar-refractivity contribution is 7.89. The Morgan fingerprint density at radius 3 is 2.76 bits per heavy atom. The summed E-state index contributed by atoms with van der Waals surface area (Å²) in [6.45, 7) is 3.83. The zero-order valence-corrected chi connectivity index (χ0v) is 11.6. The molecule has 0 aromatic carbocycles. The molecule has 0 atom stereocenters. The predicted octanol–water partition coefficient (Wildman–Crippen LogP) is 0.470. The largest absolute Gasteiger partial charge is 0.391 e. The molecule has 98 valence electrons. The summed E-state index contributed by atoms with van der Waals surface area (Å²) in [7, 11) is -1.50. The number of hydrogen-bond acceptors (Lipinski definition) is 5. The second kappa shape index (κ2) is 6.46. The Labute approximate surface area is 106 Å². The fourth-order valence-corrected chi connectivity index (χ4v) is 3.35. The molecule has 0 aliphatic carbocycles. The number of nitrogens with one attached hydrogen (secondary N) is 1. The van der Waals surface area contributed by atoms with Gasteiger partial charge in [0.15, 0.2) is 0 Å². The molecule has 1 aromatic rings. The average Bonchev–Trinajstić information content (AvgIpc) is 2.77. The highest BCUT2D eigenvalue weighted by Crippen LogP contribution is 2.18. The zero-order chi connectivity index (χ0) is 12.9. The first kappa shape index (κ1) is 14.6. The van der Waals surface area contributed by atoms with Crippen molar-refractivity contribution in [2.75, 3.05) is 26.7 Å². The van der Waals surface area contributed by atoms with Crippen LogP contribution in [0.2, 0.25) is 0 Å². The molecule has 0 aliphatic heterocycles. The van der Waals surface area contributed by atoms with Crippen molar-refractivity contribution >= 4 is 21.4 Å². The van der Waals surface area contributed by atoms with Gasteiger partial charge in [0.2, 0.25) is 10.0 Å². The molecule has 1 aromatic heterocycles. The van der Waals surface area contributed by atoms with Crippen molar-refractivity contribution in [3.63, 3.8) is 0 Å². The zero-order valence-electron chi connectivity index (χ0n) is 10.0. The van der Waals surface area contributed by atoms with Crippen molar-refractivity contribution in [1.82, 2.24) is 9.62 Å². The summed E-state index contributed by atoms with van der Waals surface area (Å²) in [5, 5.41) is 10.4. The van der Waals surface area contributed by atoms with Gasteiger partial charge in [-0.2, -0.15) is 0 Å². The third kappa shape index (κ3) is 4.36. The number of likely N-dealkylation sites (N-methyl/N-ethyl adjacent to an activating group) is 1. The number of sulfonamides is 1. The monoisotopic (exact) mass is 278 g/mol. The van der Waals surface area contributed by atoms with Crippen molar-refractivity contribution in [2.45, 2.75) is 18.4 Å². The van der Waals surface area contributed by atoms with Gasteiger partial charge in [-0.25, -0.2) is 13.1 Å². The van der Waals surface area contributed by atoms with Crippen LogP contribution in [0.25, 0.3) is 0 Å². The van der Waals surface area contributed by atoms with Gasteiger partial charge in [-0.1, -0.05) is 6.92 Å². The van der Waals surface area contributed by atoms with E-state index >= 15 is 0 Å². The van der Waals surface area contributed by atoms with Crippen LogP contribution in [0, 0.1) is 0 Å². The van der Waals surface area contributed by atoms with E-state index in [9.17, 15) is 8.42 Å². The van der Waals surface area contributed by atoms with Crippen molar-refractivity contribution in [1.29, 1.82) is 0 Å². The van der Waals surface area contributed by atoms with Gasteiger partial charge in [0.25, 0.3) is 0 Å². The molecular formula is C10H18N2O3S2. The first-order valence-electron chi connectivity index (χ1n) is 5.36. The molecule has 7 heteroatoms. The summed E-state index contributed by atoms with van der Waals surface area (Å²) >= 11 is 1.24. The van der Waals surface area contributed by atoms with Gasteiger partial charge in [-0.15, -0.1) is 11.3 Å². The lowest BCUT2D eigenvalue weighted by Crippen LogP contribution is -2.32. The second-order valence-electron chi connectivity index (χ2n) is 3.70. The third-order valence-corrected chi connectivity index (χ3v) is 4.93. The second-order valence-corrected chi connectivity index (χ2v) is 6.46. The van der Waals surface area contributed by atoms with Gasteiger partial charge in [0, 0.05) is 23.3 Å². The molecule has 5 nitrogen and oxygen atoms in total. The Morgan fingerprint density at radius 2 is 2.24 bits per heavy atom. The molecule has 0 saturated carbocycles. The Morgan fingerprint density at radius 1 is 1.53 bits per heavy atom. The van der Waals surface area contributed by atoms with Gasteiger partial charge in [0.1, 0.15) is 0 Å². The van der Waals surface area contributed by atoms with Crippen LogP contribution in [-0.2, 0) is 16.6 Å². The van der Waals surface area contributed by atoms with E-state index in [1.807, 2.05) is 18.9 Å². The first-order chi connectivity index (χ1) is 7.99. The number of aliphatic hydroxyl groups is 1. The van der Waals surface area contributed by atoms with Crippen LogP contribution >= 0.6 is 11.3 Å². The van der Waals surface area contributed by atoms with Crippen LogP contribution in [0.4, 0.5) is 0 Å². The SMILES string of the molecule is CCN(C)CCNS(=O)(=O)c1csc(CO)c1. The van der Waals surface area contributed by atoms with Crippen LogP contribution in [0.15, 0.2) is 16.3 Å². The molecule has 17 heavy (non-hydrogen) atoms. The van der Waals surface area contributed by atoms with Crippen molar-refractivity contribution in [3.8, 4) is 0 Å². The molecule has 0 radical (unpaired) electrons. The number of thiophene rings is 1. The van der Waals surface area contributed by atoms with E-state index in [2.05, 4.69) is 4.72 Å². The van der Waals surface area contributed by atoms with Crippen molar-refractivity contribution < 1.29 is 13.5 Å². The quantitative estimate of drug-likeness (QED) is 0.761. The molecule has 0 unspecified atom stereocenters. The summed E-state index contributed by atoms with van der Waals surface area (Å²) < 4.78 is 26.2. The van der Waals surface area contributed by atoms with Gasteiger partial charge in [-0.05, 0) is 19.7 Å². The third-order valence-electron chi connectivity index (χ3n) is 2.42. The molecule has 0 bridgehead atoms. The summed E-state index contributed by atoms with van der Waals surface area (Å²) in [5.41, 5.74) is 0. The van der Waals surface area contributed by atoms with Crippen LogP contribution in [0.3, 0.4) is 0 Å². The number of nitrogens with zero attached hydrogens (tertiary/aromatic N) is 1. The lowest BCUT2D eigenvalue weighted by molar-refractivity contribution is 0.285. The summed E-state index contributed by atoms with van der Waals surface area (Å²) in [4.78, 5) is 2.90. The van der Waals surface area contributed by atoms with E-state index < -0.39 is 10.0 Å². The lowest BCUT2D eigenvalue weighted by Gasteiger charge is -2.13. The minimum atomic E-state index is -3.43. The van der Waals surface area contributed by atoms with Gasteiger partial charge >= 0.3 is 0 Å². The van der Waals surface area contributed by atoms with E-state index in [0.29, 0.717) is 18.0 Å². The molecule has 0 fully saturated rings. The Balaban J connectivity index is 2.56. The van der Waals surface area contributed by atoms with E-state index in [1.54, 1.807) is 0 Å². The van der Waals surface area contributed by atoms with E-state index in [0.717, 1.165) is 6.54 Å². The van der Waals surface area contributed by atoms with Crippen LogP contribution in [-0.4, -0.2) is 45.1 Å². The summed E-state index contributed by atoms with van der Waals surface area (Å²) in [6, 6.07) is 1.50. The topological polar surface area (TPSA) is 69.6 Å². The maximum Gasteiger partial charge on any atom is 0.241 e. The number of rotatable bonds is 7. The Kier molecular flexibility index (Phi) is 5.54. The fourth-order valence-electron chi connectivity index (χ4n) is 1.20.